The summed E-state index contributed by atoms with van der Waals surface area (Å²) in [5, 5.41) is 17.7. The molecule has 0 saturated carbocycles. The van der Waals surface area contributed by atoms with E-state index in [1.165, 1.54) is 0 Å². The molecule has 4 N–H and O–H groups in total. The fraction of sp³-hybridized carbons (Fsp3) is 0.857. The van der Waals surface area contributed by atoms with Crippen molar-refractivity contribution in [2.24, 2.45) is 11.7 Å². The average Bonchev–Trinajstić information content (AvgIpc) is 2.00. The van der Waals surface area contributed by atoms with E-state index in [-0.39, 0.29) is 0 Å². The first kappa shape index (κ1) is 10.4. The number of carboxylic acids is 1. The van der Waals surface area contributed by atoms with Crippen LogP contribution in [0.5, 0.6) is 0 Å². The van der Waals surface area contributed by atoms with Crippen molar-refractivity contribution in [3.05, 3.63) is 0 Å². The zero-order valence-corrected chi connectivity index (χ0v) is 6.82. The number of aliphatic carboxylic acids is 1. The highest BCUT2D eigenvalue weighted by Crippen LogP contribution is 2.09. The minimum atomic E-state index is -1.06. The molecule has 11 heavy (non-hydrogen) atoms. The van der Waals surface area contributed by atoms with Crippen molar-refractivity contribution in [2.75, 3.05) is 0 Å². The Morgan fingerprint density at radius 2 is 2.09 bits per heavy atom. The van der Waals surface area contributed by atoms with Gasteiger partial charge >= 0.3 is 5.97 Å². The molecule has 0 aliphatic rings. The van der Waals surface area contributed by atoms with Crippen LogP contribution in [0, 0.1) is 5.92 Å². The molecule has 0 aromatic carbocycles. The lowest BCUT2D eigenvalue weighted by Gasteiger charge is -2.20. The van der Waals surface area contributed by atoms with Crippen molar-refractivity contribution < 1.29 is 15.0 Å². The van der Waals surface area contributed by atoms with Gasteiger partial charge in [0.25, 0.3) is 0 Å². The van der Waals surface area contributed by atoms with E-state index in [0.717, 1.165) is 0 Å². The third-order valence-electron chi connectivity index (χ3n) is 1.88. The molecule has 0 rings (SSSR count). The SMILES string of the molecule is CC[C@H](O)[C@H](C)[C@H](N)C(=O)O. The first-order valence-electron chi connectivity index (χ1n) is 3.67. The van der Waals surface area contributed by atoms with Gasteiger partial charge < -0.3 is 15.9 Å². The van der Waals surface area contributed by atoms with Gasteiger partial charge in [-0.2, -0.15) is 0 Å². The largest absolute Gasteiger partial charge is 0.480 e. The Bertz CT molecular complexity index is 138. The number of carboxylic acid groups (broad SMARTS) is 1. The Hall–Kier alpha value is -0.610. The van der Waals surface area contributed by atoms with Gasteiger partial charge in [-0.3, -0.25) is 4.79 Å². The van der Waals surface area contributed by atoms with Gasteiger partial charge in [-0.1, -0.05) is 13.8 Å². The molecule has 0 radical (unpaired) electrons. The molecule has 0 spiro atoms. The maximum atomic E-state index is 10.3. The van der Waals surface area contributed by atoms with Crippen molar-refractivity contribution in [3.8, 4) is 0 Å². The highest BCUT2D eigenvalue weighted by atomic mass is 16.4. The van der Waals surface area contributed by atoms with Crippen LogP contribution in [0.4, 0.5) is 0 Å². The summed E-state index contributed by atoms with van der Waals surface area (Å²) in [5.41, 5.74) is 5.28. The summed E-state index contributed by atoms with van der Waals surface area (Å²) in [6.45, 7) is 3.42. The summed E-state index contributed by atoms with van der Waals surface area (Å²) in [5.74, 6) is -1.46. The number of hydrogen-bond donors (Lipinski definition) is 3. The normalized spacial score (nSPS) is 18.9. The third-order valence-corrected chi connectivity index (χ3v) is 1.88. The number of rotatable bonds is 4. The van der Waals surface area contributed by atoms with Gasteiger partial charge in [0, 0.05) is 5.92 Å². The van der Waals surface area contributed by atoms with Gasteiger partial charge in [0.1, 0.15) is 6.04 Å². The van der Waals surface area contributed by atoms with Gasteiger partial charge in [-0.25, -0.2) is 0 Å². The number of carbonyl (C=O) groups is 1. The fourth-order valence-corrected chi connectivity index (χ4v) is 0.836. The van der Waals surface area contributed by atoms with E-state index in [2.05, 4.69) is 0 Å². The lowest BCUT2D eigenvalue weighted by molar-refractivity contribution is -0.140. The topological polar surface area (TPSA) is 83.5 Å². The van der Waals surface area contributed by atoms with E-state index in [4.69, 9.17) is 10.8 Å². The summed E-state index contributed by atoms with van der Waals surface area (Å²) in [7, 11) is 0. The quantitative estimate of drug-likeness (QED) is 0.533. The summed E-state index contributed by atoms with van der Waals surface area (Å²) >= 11 is 0. The second-order valence-electron chi connectivity index (χ2n) is 2.70. The summed E-state index contributed by atoms with van der Waals surface area (Å²) in [6, 6.07) is -0.968. The summed E-state index contributed by atoms with van der Waals surface area (Å²) < 4.78 is 0. The Morgan fingerprint density at radius 3 is 2.36 bits per heavy atom. The predicted octanol–water partition coefficient (Wildman–Crippen LogP) is -0.195. The predicted molar refractivity (Wildman–Crippen MR) is 41.1 cm³/mol. The van der Waals surface area contributed by atoms with E-state index in [0.29, 0.717) is 6.42 Å². The van der Waals surface area contributed by atoms with Crippen LogP contribution in [-0.2, 0) is 4.79 Å². The number of nitrogens with two attached hydrogens (primary N) is 1. The maximum Gasteiger partial charge on any atom is 0.320 e. The molecule has 0 bridgehead atoms. The molecular formula is C7H15NO3. The molecule has 4 nitrogen and oxygen atoms in total. The van der Waals surface area contributed by atoms with E-state index >= 15 is 0 Å². The number of aliphatic hydroxyl groups is 1. The Kier molecular flexibility index (Phi) is 4.07. The smallest absolute Gasteiger partial charge is 0.320 e. The molecule has 0 saturated heterocycles. The van der Waals surface area contributed by atoms with E-state index < -0.39 is 24.0 Å². The van der Waals surface area contributed by atoms with Crippen LogP contribution >= 0.6 is 0 Å². The van der Waals surface area contributed by atoms with Crippen LogP contribution in [0.1, 0.15) is 20.3 Å². The van der Waals surface area contributed by atoms with Crippen molar-refractivity contribution in [2.45, 2.75) is 32.4 Å². The standard InChI is InChI=1S/C7H15NO3/c1-3-5(9)4(2)6(8)7(10)11/h4-6,9H,3,8H2,1-2H3,(H,10,11)/t4-,5-,6-/m0/s1. The van der Waals surface area contributed by atoms with E-state index in [9.17, 15) is 9.90 Å². The molecule has 0 aliphatic heterocycles. The van der Waals surface area contributed by atoms with Gasteiger partial charge in [0.15, 0.2) is 0 Å². The summed E-state index contributed by atoms with van der Waals surface area (Å²) in [4.78, 5) is 10.3. The van der Waals surface area contributed by atoms with Crippen LogP contribution in [0.3, 0.4) is 0 Å². The van der Waals surface area contributed by atoms with Gasteiger partial charge in [-0.15, -0.1) is 0 Å². The molecule has 0 aromatic heterocycles. The van der Waals surface area contributed by atoms with Gasteiger partial charge in [0.05, 0.1) is 6.10 Å². The number of hydrogen-bond acceptors (Lipinski definition) is 3. The minimum absolute atomic E-state index is 0.391. The molecule has 0 aromatic rings. The van der Waals surface area contributed by atoms with Crippen molar-refractivity contribution in [1.82, 2.24) is 0 Å². The van der Waals surface area contributed by atoms with Crippen LogP contribution < -0.4 is 5.73 Å². The van der Waals surface area contributed by atoms with Gasteiger partial charge in [-0.05, 0) is 6.42 Å². The molecule has 4 heteroatoms. The average molecular weight is 161 g/mol. The summed E-state index contributed by atoms with van der Waals surface area (Å²) in [6.07, 6.45) is -0.0941. The lowest BCUT2D eigenvalue weighted by Crippen LogP contribution is -2.41. The van der Waals surface area contributed by atoms with Crippen molar-refractivity contribution in [3.63, 3.8) is 0 Å². The highest BCUT2D eigenvalue weighted by molar-refractivity contribution is 5.73. The highest BCUT2D eigenvalue weighted by Gasteiger charge is 2.24. The second kappa shape index (κ2) is 4.31. The maximum absolute atomic E-state index is 10.3. The van der Waals surface area contributed by atoms with E-state index in [1.54, 1.807) is 13.8 Å². The minimum Gasteiger partial charge on any atom is -0.480 e. The third kappa shape index (κ3) is 2.86. The molecule has 3 atom stereocenters. The van der Waals surface area contributed by atoms with Crippen LogP contribution in [0.15, 0.2) is 0 Å². The Balaban J connectivity index is 4.00. The van der Waals surface area contributed by atoms with E-state index in [1.807, 2.05) is 0 Å². The first-order valence-corrected chi connectivity index (χ1v) is 3.67. The van der Waals surface area contributed by atoms with Crippen molar-refractivity contribution in [1.29, 1.82) is 0 Å². The zero-order valence-electron chi connectivity index (χ0n) is 6.82. The molecule has 0 heterocycles. The molecule has 0 unspecified atom stereocenters. The molecular weight excluding hydrogens is 146 g/mol. The monoisotopic (exact) mass is 161 g/mol. The Morgan fingerprint density at radius 1 is 1.64 bits per heavy atom. The van der Waals surface area contributed by atoms with Crippen molar-refractivity contribution >= 4 is 5.97 Å². The molecule has 0 aliphatic carbocycles. The Labute approximate surface area is 66.0 Å². The lowest BCUT2D eigenvalue weighted by atomic mass is 9.95. The van der Waals surface area contributed by atoms with Crippen LogP contribution in [0.2, 0.25) is 0 Å². The number of aliphatic hydroxyl groups excluding tert-OH is 1. The molecule has 0 amide bonds. The molecule has 0 fully saturated rings. The zero-order chi connectivity index (χ0) is 9.02. The fourth-order valence-electron chi connectivity index (χ4n) is 0.836. The van der Waals surface area contributed by atoms with Crippen LogP contribution in [-0.4, -0.2) is 28.3 Å². The molecule has 66 valence electrons. The van der Waals surface area contributed by atoms with Crippen LogP contribution in [0.25, 0.3) is 0 Å². The van der Waals surface area contributed by atoms with Gasteiger partial charge in [0.2, 0.25) is 0 Å². The second-order valence-corrected chi connectivity index (χ2v) is 2.70. The first-order chi connectivity index (χ1) is 5.00.